The predicted molar refractivity (Wildman–Crippen MR) is 44.0 cm³/mol. The fraction of sp³-hybridized carbons (Fsp3) is 0.625. The van der Waals surface area contributed by atoms with Crippen LogP contribution in [0.4, 0.5) is 0 Å². The zero-order valence-corrected chi connectivity index (χ0v) is 7.26. The molecule has 0 fully saturated rings. The zero-order valence-electron chi connectivity index (χ0n) is 7.26. The van der Waals surface area contributed by atoms with Gasteiger partial charge >= 0.3 is 0 Å². The molecular weight excluding hydrogens is 124 g/mol. The average molecular weight is 140 g/mol. The van der Waals surface area contributed by atoms with Gasteiger partial charge in [0.25, 0.3) is 0 Å². The van der Waals surface area contributed by atoms with Crippen LogP contribution in [0.3, 0.4) is 0 Å². The van der Waals surface area contributed by atoms with Crippen LogP contribution in [0.1, 0.15) is 26.6 Å². The van der Waals surface area contributed by atoms with E-state index in [0.717, 1.165) is 12.4 Å². The van der Waals surface area contributed by atoms with Crippen molar-refractivity contribution in [1.29, 1.82) is 0 Å². The van der Waals surface area contributed by atoms with Crippen molar-refractivity contribution >= 4 is 0 Å². The molecule has 1 aromatic heterocycles. The van der Waals surface area contributed by atoms with E-state index < -0.39 is 0 Å². The van der Waals surface area contributed by atoms with Crippen molar-refractivity contribution < 1.29 is 0 Å². The van der Waals surface area contributed by atoms with Crippen molar-refractivity contribution in [3.05, 3.63) is 18.2 Å². The van der Waals surface area contributed by atoms with Crippen LogP contribution < -0.4 is 0 Å². The van der Waals surface area contributed by atoms with Crippen LogP contribution in [0.5, 0.6) is 0 Å². The van der Waals surface area contributed by atoms with E-state index in [4.69, 9.17) is 0 Å². The number of rotatable bonds is 1. The van der Waals surface area contributed by atoms with E-state index in [1.165, 1.54) is 0 Å². The van der Waals surface area contributed by atoms with Gasteiger partial charge < -0.3 is 4.57 Å². The first-order valence-corrected chi connectivity index (χ1v) is 3.82. The van der Waals surface area contributed by atoms with E-state index in [1.54, 1.807) is 0 Å². The minimum Gasteiger partial charge on any atom is -0.335 e. The highest BCUT2D eigenvalue weighted by Crippen LogP contribution is 1.92. The van der Waals surface area contributed by atoms with Crippen molar-refractivity contribution in [3.8, 4) is 0 Å². The lowest BCUT2D eigenvalue weighted by Gasteiger charge is -1.95. The third-order valence-corrected chi connectivity index (χ3v) is 1.26. The summed E-state index contributed by atoms with van der Waals surface area (Å²) in [6, 6.07) is 0. The Bertz CT molecular complexity index is 168. The second-order valence-electron chi connectivity index (χ2n) is 1.76. The molecule has 0 aliphatic heterocycles. The lowest BCUT2D eigenvalue weighted by atomic mass is 10.6. The smallest absolute Gasteiger partial charge is 0.105 e. The number of nitrogens with zero attached hydrogens (tertiary/aromatic N) is 2. The lowest BCUT2D eigenvalue weighted by molar-refractivity contribution is 0.730. The van der Waals surface area contributed by atoms with Gasteiger partial charge in [-0.2, -0.15) is 0 Å². The quantitative estimate of drug-likeness (QED) is 0.585. The van der Waals surface area contributed by atoms with E-state index in [1.807, 2.05) is 33.2 Å². The molecule has 0 spiro atoms. The zero-order chi connectivity index (χ0) is 7.98. The molecule has 0 saturated heterocycles. The molecule has 1 aromatic rings. The van der Waals surface area contributed by atoms with Gasteiger partial charge in [0.05, 0.1) is 0 Å². The van der Waals surface area contributed by atoms with Crippen molar-refractivity contribution in [2.45, 2.75) is 34.2 Å². The van der Waals surface area contributed by atoms with Crippen LogP contribution in [-0.2, 0) is 6.54 Å². The van der Waals surface area contributed by atoms with Gasteiger partial charge in [0, 0.05) is 18.9 Å². The minimum atomic E-state index is 1.02. The molecule has 0 radical (unpaired) electrons. The summed E-state index contributed by atoms with van der Waals surface area (Å²) in [6.07, 6.45) is 3.80. The molecule has 2 heteroatoms. The van der Waals surface area contributed by atoms with E-state index in [0.29, 0.717) is 0 Å². The highest BCUT2D eigenvalue weighted by Gasteiger charge is 1.88. The molecule has 0 amide bonds. The van der Waals surface area contributed by atoms with Crippen LogP contribution in [0.25, 0.3) is 0 Å². The van der Waals surface area contributed by atoms with E-state index >= 15 is 0 Å². The van der Waals surface area contributed by atoms with Gasteiger partial charge in [-0.05, 0) is 13.8 Å². The van der Waals surface area contributed by atoms with Crippen molar-refractivity contribution in [3.63, 3.8) is 0 Å². The number of hydrogen-bond acceptors (Lipinski definition) is 1. The van der Waals surface area contributed by atoms with Gasteiger partial charge in [0.15, 0.2) is 0 Å². The van der Waals surface area contributed by atoms with Gasteiger partial charge in [0.2, 0.25) is 0 Å². The Morgan fingerprint density at radius 1 is 1.50 bits per heavy atom. The van der Waals surface area contributed by atoms with Crippen LogP contribution in [0.2, 0.25) is 0 Å². The Hall–Kier alpha value is -0.790. The predicted octanol–water partition coefficient (Wildman–Crippen LogP) is 2.24. The topological polar surface area (TPSA) is 17.8 Å². The third kappa shape index (κ3) is 2.21. The Labute approximate surface area is 62.9 Å². The average Bonchev–Trinajstić information content (AvgIpc) is 2.39. The molecule has 0 unspecified atom stereocenters. The third-order valence-electron chi connectivity index (χ3n) is 1.26. The summed E-state index contributed by atoms with van der Waals surface area (Å²) in [5.74, 6) is 1.09. The first-order valence-electron chi connectivity index (χ1n) is 3.82. The van der Waals surface area contributed by atoms with E-state index in [-0.39, 0.29) is 0 Å². The van der Waals surface area contributed by atoms with Gasteiger partial charge in [-0.25, -0.2) is 4.98 Å². The van der Waals surface area contributed by atoms with Crippen molar-refractivity contribution in [2.75, 3.05) is 0 Å². The normalized spacial score (nSPS) is 8.40. The fourth-order valence-electron chi connectivity index (χ4n) is 0.738. The number of aromatic nitrogens is 2. The maximum Gasteiger partial charge on any atom is 0.105 e. The molecule has 1 rings (SSSR count). The summed E-state index contributed by atoms with van der Waals surface area (Å²) in [7, 11) is 0. The van der Waals surface area contributed by atoms with E-state index in [2.05, 4.69) is 16.5 Å². The Balaban J connectivity index is 0.000000371. The standard InChI is InChI=1S/C6H10N2.C2H6/c1-3-8-5-4-7-6(8)2;1-2/h4-5H,3H2,1-2H3;1-2H3. The summed E-state index contributed by atoms with van der Waals surface area (Å²) in [4.78, 5) is 4.05. The number of hydrogen-bond donors (Lipinski definition) is 0. The van der Waals surface area contributed by atoms with Crippen LogP contribution in [-0.4, -0.2) is 9.55 Å². The van der Waals surface area contributed by atoms with Gasteiger partial charge in [0.1, 0.15) is 5.82 Å². The molecule has 0 atom stereocenters. The fourth-order valence-corrected chi connectivity index (χ4v) is 0.738. The van der Waals surface area contributed by atoms with Crippen LogP contribution in [0.15, 0.2) is 12.4 Å². The molecule has 0 bridgehead atoms. The highest BCUT2D eigenvalue weighted by atomic mass is 15.0. The first-order chi connectivity index (χ1) is 4.84. The Morgan fingerprint density at radius 3 is 2.30 bits per heavy atom. The van der Waals surface area contributed by atoms with Crippen molar-refractivity contribution in [2.24, 2.45) is 0 Å². The van der Waals surface area contributed by atoms with Gasteiger partial charge in [-0.3, -0.25) is 0 Å². The van der Waals surface area contributed by atoms with Crippen molar-refractivity contribution in [1.82, 2.24) is 9.55 Å². The molecule has 58 valence electrons. The Morgan fingerprint density at radius 2 is 2.10 bits per heavy atom. The molecule has 0 N–H and O–H groups in total. The Kier molecular flexibility index (Phi) is 4.63. The molecule has 0 aliphatic carbocycles. The summed E-state index contributed by atoms with van der Waals surface area (Å²) in [5, 5.41) is 0. The largest absolute Gasteiger partial charge is 0.335 e. The molecular formula is C8H16N2. The van der Waals surface area contributed by atoms with E-state index in [9.17, 15) is 0 Å². The summed E-state index contributed by atoms with van der Waals surface area (Å²) < 4.78 is 2.10. The molecule has 10 heavy (non-hydrogen) atoms. The maximum atomic E-state index is 4.05. The van der Waals surface area contributed by atoms with Gasteiger partial charge in [-0.15, -0.1) is 0 Å². The summed E-state index contributed by atoms with van der Waals surface area (Å²) in [6.45, 7) is 9.13. The molecule has 0 aliphatic rings. The van der Waals surface area contributed by atoms with Crippen LogP contribution in [0, 0.1) is 6.92 Å². The SMILES string of the molecule is CC.CCn1ccnc1C. The summed E-state index contributed by atoms with van der Waals surface area (Å²) >= 11 is 0. The molecule has 0 saturated carbocycles. The second kappa shape index (κ2) is 5.03. The number of imidazole rings is 1. The minimum absolute atomic E-state index is 1.02. The second-order valence-corrected chi connectivity index (χ2v) is 1.76. The van der Waals surface area contributed by atoms with Gasteiger partial charge in [-0.1, -0.05) is 13.8 Å². The molecule has 0 aromatic carbocycles. The molecule has 2 nitrogen and oxygen atoms in total. The lowest BCUT2D eigenvalue weighted by Crippen LogP contribution is -1.93. The number of aryl methyl sites for hydroxylation is 2. The first kappa shape index (κ1) is 9.21. The van der Waals surface area contributed by atoms with Crippen LogP contribution >= 0.6 is 0 Å². The molecule has 1 heterocycles. The highest BCUT2D eigenvalue weighted by molar-refractivity contribution is 4.87. The maximum absolute atomic E-state index is 4.05. The summed E-state index contributed by atoms with van der Waals surface area (Å²) in [5.41, 5.74) is 0. The monoisotopic (exact) mass is 140 g/mol.